The van der Waals surface area contributed by atoms with E-state index in [4.69, 9.17) is 15.4 Å². The fourth-order valence-corrected chi connectivity index (χ4v) is 2.72. The van der Waals surface area contributed by atoms with Crippen LogP contribution < -0.4 is 5.32 Å². The molecule has 7 heteroatoms. The molecule has 0 aromatic heterocycles. The molecule has 0 bridgehead atoms. The molecular weight excluding hydrogens is 314 g/mol. The van der Waals surface area contributed by atoms with Crippen LogP contribution in [0.25, 0.3) is 0 Å². The molecule has 0 aliphatic carbocycles. The minimum Gasteiger partial charge on any atom is -0.374 e. The van der Waals surface area contributed by atoms with Crippen LogP contribution in [-0.2, 0) is 13.8 Å². The monoisotopic (exact) mass is 333 g/mol. The van der Waals surface area contributed by atoms with Crippen molar-refractivity contribution in [3.05, 3.63) is 29.3 Å². The molecule has 0 fully saturated rings. The number of carbonyl (C=O) groups is 1. The number of carbonyl (C=O) groups excluding carboxylic acids is 1. The summed E-state index contributed by atoms with van der Waals surface area (Å²) in [6.07, 6.45) is 0. The summed E-state index contributed by atoms with van der Waals surface area (Å²) in [6.45, 7) is 8.16. The molecule has 0 atom stereocenters. The van der Waals surface area contributed by atoms with Gasteiger partial charge in [-0.1, -0.05) is 0 Å². The van der Waals surface area contributed by atoms with E-state index in [2.05, 4.69) is 5.32 Å². The predicted octanol–water partition coefficient (Wildman–Crippen LogP) is 2.47. The van der Waals surface area contributed by atoms with Crippen molar-refractivity contribution in [2.75, 3.05) is 13.2 Å². The maximum Gasteiger partial charge on any atom is 0.261 e. The minimum atomic E-state index is -3.87. The van der Waals surface area contributed by atoms with Gasteiger partial charge in [0.1, 0.15) is 0 Å². The van der Waals surface area contributed by atoms with E-state index in [0.29, 0.717) is 18.7 Å². The maximum atomic E-state index is 12.1. The lowest BCUT2D eigenvalue weighted by Gasteiger charge is -2.24. The number of hydrogen-bond acceptors (Lipinski definition) is 4. The summed E-state index contributed by atoms with van der Waals surface area (Å²) in [4.78, 5) is 12.0. The first-order valence-corrected chi connectivity index (χ1v) is 8.84. The van der Waals surface area contributed by atoms with Crippen LogP contribution in [0.15, 0.2) is 23.1 Å². The van der Waals surface area contributed by atoms with Crippen molar-refractivity contribution < 1.29 is 17.9 Å². The van der Waals surface area contributed by atoms with Crippen molar-refractivity contribution in [2.24, 2.45) is 0 Å². The Morgan fingerprint density at radius 3 is 2.48 bits per heavy atom. The van der Waals surface area contributed by atoms with Gasteiger partial charge in [-0.2, -0.15) is 0 Å². The standard InChI is InChI=1S/C14H20ClNO4S/c1-5-20-14(3,4)9-16-13(17)11-6-10(2)7-12(8-11)21(15,18)19/h6-8H,5,9H2,1-4H3,(H,16,17). The first-order chi connectivity index (χ1) is 9.55. The van der Waals surface area contributed by atoms with Crippen molar-refractivity contribution in [3.8, 4) is 0 Å². The lowest BCUT2D eigenvalue weighted by molar-refractivity contribution is -0.00815. The van der Waals surface area contributed by atoms with Gasteiger partial charge in [0.05, 0.1) is 10.5 Å². The highest BCUT2D eigenvalue weighted by Crippen LogP contribution is 2.19. The zero-order chi connectivity index (χ0) is 16.3. The molecule has 0 saturated carbocycles. The van der Waals surface area contributed by atoms with Crippen molar-refractivity contribution in [3.63, 3.8) is 0 Å². The van der Waals surface area contributed by atoms with Gasteiger partial charge in [-0.15, -0.1) is 0 Å². The van der Waals surface area contributed by atoms with E-state index in [9.17, 15) is 13.2 Å². The SMILES string of the molecule is CCOC(C)(C)CNC(=O)c1cc(C)cc(S(=O)(=O)Cl)c1. The third-order valence-corrected chi connectivity index (χ3v) is 4.14. The maximum absolute atomic E-state index is 12.1. The van der Waals surface area contributed by atoms with E-state index in [-0.39, 0.29) is 16.4 Å². The second-order valence-corrected chi connectivity index (χ2v) is 7.91. The second-order valence-electron chi connectivity index (χ2n) is 5.35. The van der Waals surface area contributed by atoms with Crippen LogP contribution in [0.5, 0.6) is 0 Å². The number of hydrogen-bond donors (Lipinski definition) is 1. The van der Waals surface area contributed by atoms with Crippen LogP contribution in [0.3, 0.4) is 0 Å². The normalized spacial score (nSPS) is 12.2. The van der Waals surface area contributed by atoms with Gasteiger partial charge in [0, 0.05) is 29.4 Å². The minimum absolute atomic E-state index is 0.0848. The van der Waals surface area contributed by atoms with Crippen LogP contribution in [0, 0.1) is 6.92 Å². The average Bonchev–Trinajstić information content (AvgIpc) is 2.34. The summed E-state index contributed by atoms with van der Waals surface area (Å²) in [5, 5.41) is 2.73. The molecule has 0 aliphatic rings. The van der Waals surface area contributed by atoms with Crippen LogP contribution in [-0.4, -0.2) is 33.1 Å². The van der Waals surface area contributed by atoms with E-state index in [1.807, 2.05) is 20.8 Å². The molecule has 0 radical (unpaired) electrons. The molecule has 1 amide bonds. The number of aryl methyl sites for hydroxylation is 1. The molecule has 5 nitrogen and oxygen atoms in total. The summed E-state index contributed by atoms with van der Waals surface area (Å²) in [7, 11) is 1.45. The lowest BCUT2D eigenvalue weighted by atomic mass is 10.1. The molecule has 1 N–H and O–H groups in total. The molecule has 1 aromatic carbocycles. The average molecular weight is 334 g/mol. The van der Waals surface area contributed by atoms with Crippen molar-refractivity contribution in [1.82, 2.24) is 5.32 Å². The van der Waals surface area contributed by atoms with Crippen molar-refractivity contribution in [1.29, 1.82) is 0 Å². The summed E-state index contributed by atoms with van der Waals surface area (Å²) < 4.78 is 28.2. The second kappa shape index (κ2) is 6.77. The Bertz CT molecular complexity index is 626. The molecular formula is C14H20ClNO4S. The molecule has 0 unspecified atom stereocenters. The van der Waals surface area contributed by atoms with Gasteiger partial charge in [0.2, 0.25) is 0 Å². The lowest BCUT2D eigenvalue weighted by Crippen LogP contribution is -2.40. The third-order valence-electron chi connectivity index (χ3n) is 2.80. The Balaban J connectivity index is 2.91. The summed E-state index contributed by atoms with van der Waals surface area (Å²) in [5.41, 5.74) is 0.405. The highest BCUT2D eigenvalue weighted by molar-refractivity contribution is 8.13. The van der Waals surface area contributed by atoms with Gasteiger partial charge in [-0.25, -0.2) is 8.42 Å². The Morgan fingerprint density at radius 2 is 1.95 bits per heavy atom. The molecule has 0 spiro atoms. The van der Waals surface area contributed by atoms with E-state index in [1.54, 1.807) is 13.0 Å². The largest absolute Gasteiger partial charge is 0.374 e. The first-order valence-electron chi connectivity index (χ1n) is 6.53. The van der Waals surface area contributed by atoms with Gasteiger partial charge >= 0.3 is 0 Å². The highest BCUT2D eigenvalue weighted by atomic mass is 35.7. The fraction of sp³-hybridized carbons (Fsp3) is 0.500. The molecule has 0 heterocycles. The molecule has 21 heavy (non-hydrogen) atoms. The van der Waals surface area contributed by atoms with E-state index >= 15 is 0 Å². The van der Waals surface area contributed by atoms with Gasteiger partial charge < -0.3 is 10.1 Å². The van der Waals surface area contributed by atoms with Crippen molar-refractivity contribution in [2.45, 2.75) is 38.2 Å². The zero-order valence-corrected chi connectivity index (χ0v) is 14.1. The van der Waals surface area contributed by atoms with Gasteiger partial charge in [-0.3, -0.25) is 4.79 Å². The van der Waals surface area contributed by atoms with Crippen LogP contribution in [0.1, 0.15) is 36.7 Å². The highest BCUT2D eigenvalue weighted by Gasteiger charge is 2.20. The smallest absolute Gasteiger partial charge is 0.261 e. The Labute approximate surface area is 130 Å². The molecule has 0 aliphatic heterocycles. The number of rotatable bonds is 6. The van der Waals surface area contributed by atoms with Crippen molar-refractivity contribution >= 4 is 25.6 Å². The topological polar surface area (TPSA) is 72.5 Å². The predicted molar refractivity (Wildman–Crippen MR) is 82.3 cm³/mol. The fourth-order valence-electron chi connectivity index (χ4n) is 1.86. The Morgan fingerprint density at radius 1 is 1.33 bits per heavy atom. The zero-order valence-electron chi connectivity index (χ0n) is 12.6. The Hall–Kier alpha value is -1.11. The number of amides is 1. The quantitative estimate of drug-likeness (QED) is 0.812. The Kier molecular flexibility index (Phi) is 5.78. The van der Waals surface area contributed by atoms with Crippen LogP contribution in [0.4, 0.5) is 0 Å². The molecule has 118 valence electrons. The van der Waals surface area contributed by atoms with Gasteiger partial charge in [0.15, 0.2) is 0 Å². The molecule has 1 aromatic rings. The van der Waals surface area contributed by atoms with Crippen LogP contribution >= 0.6 is 10.7 Å². The molecule has 1 rings (SSSR count). The van der Waals surface area contributed by atoms with Gasteiger partial charge in [-0.05, 0) is 51.5 Å². The number of ether oxygens (including phenoxy) is 1. The van der Waals surface area contributed by atoms with Gasteiger partial charge in [0.25, 0.3) is 15.0 Å². The number of benzene rings is 1. The third kappa shape index (κ3) is 5.65. The summed E-state index contributed by atoms with van der Waals surface area (Å²) in [6, 6.07) is 4.29. The van der Waals surface area contributed by atoms with Crippen LogP contribution in [0.2, 0.25) is 0 Å². The van der Waals surface area contributed by atoms with E-state index < -0.39 is 14.7 Å². The first kappa shape index (κ1) is 17.9. The van der Waals surface area contributed by atoms with E-state index in [1.165, 1.54) is 12.1 Å². The molecule has 0 saturated heterocycles. The number of halogens is 1. The summed E-state index contributed by atoms with van der Waals surface area (Å²) in [5.74, 6) is -0.368. The number of nitrogens with one attached hydrogen (secondary N) is 1. The summed E-state index contributed by atoms with van der Waals surface area (Å²) >= 11 is 0. The van der Waals surface area contributed by atoms with E-state index in [0.717, 1.165) is 0 Å².